The Labute approximate surface area is 164 Å². The lowest BCUT2D eigenvalue weighted by molar-refractivity contribution is 0.0357. The molecule has 146 valence electrons. The van der Waals surface area contributed by atoms with Crippen molar-refractivity contribution < 1.29 is 9.15 Å². The van der Waals surface area contributed by atoms with Crippen molar-refractivity contribution >= 4 is 16.3 Å². The molecule has 1 aliphatic rings. The molecule has 0 radical (unpaired) electrons. The van der Waals surface area contributed by atoms with Gasteiger partial charge in [0.15, 0.2) is 4.96 Å². The van der Waals surface area contributed by atoms with Gasteiger partial charge in [-0.2, -0.15) is 0 Å². The molecular formula is C20H28N4O2S. The average Bonchev–Trinajstić information content (AvgIpc) is 3.35. The quantitative estimate of drug-likeness (QED) is 0.592. The standard InChI is InChI=1S/C20H28N4O2S/c1-16-4-5-18(26-16)14-23(7-3-6-22-8-11-25-12-9-22)15-19-17(2)21-20-24(19)10-13-27-20/h4-5,10,13H,3,6-9,11-12,14-15H2,1-2H3. The van der Waals surface area contributed by atoms with E-state index in [1.165, 1.54) is 5.69 Å². The lowest BCUT2D eigenvalue weighted by Crippen LogP contribution is -2.38. The maximum Gasteiger partial charge on any atom is 0.194 e. The Balaban J connectivity index is 1.43. The van der Waals surface area contributed by atoms with Gasteiger partial charge in [0.2, 0.25) is 0 Å². The summed E-state index contributed by atoms with van der Waals surface area (Å²) in [6, 6.07) is 4.14. The van der Waals surface area contributed by atoms with Crippen LogP contribution in [-0.2, 0) is 17.8 Å². The van der Waals surface area contributed by atoms with Gasteiger partial charge in [0.1, 0.15) is 11.5 Å². The Morgan fingerprint density at radius 1 is 1.19 bits per heavy atom. The normalized spacial score (nSPS) is 16.0. The van der Waals surface area contributed by atoms with Crippen LogP contribution in [0.5, 0.6) is 0 Å². The van der Waals surface area contributed by atoms with Crippen molar-refractivity contribution in [1.29, 1.82) is 0 Å². The van der Waals surface area contributed by atoms with Crippen molar-refractivity contribution in [3.8, 4) is 0 Å². The van der Waals surface area contributed by atoms with E-state index in [1.807, 2.05) is 13.0 Å². The van der Waals surface area contributed by atoms with Crippen molar-refractivity contribution in [2.45, 2.75) is 33.4 Å². The van der Waals surface area contributed by atoms with Crippen LogP contribution in [0.4, 0.5) is 0 Å². The van der Waals surface area contributed by atoms with Crippen LogP contribution >= 0.6 is 11.3 Å². The Bertz CT molecular complexity index is 862. The maximum absolute atomic E-state index is 5.84. The van der Waals surface area contributed by atoms with Crippen LogP contribution in [0.25, 0.3) is 4.96 Å². The summed E-state index contributed by atoms with van der Waals surface area (Å²) in [5.74, 6) is 2.00. The highest BCUT2D eigenvalue weighted by Gasteiger charge is 2.17. The predicted octanol–water partition coefficient (Wildman–Crippen LogP) is 3.33. The van der Waals surface area contributed by atoms with Crippen LogP contribution in [0, 0.1) is 13.8 Å². The van der Waals surface area contributed by atoms with Gasteiger partial charge < -0.3 is 9.15 Å². The van der Waals surface area contributed by atoms with Crippen LogP contribution in [0.15, 0.2) is 28.1 Å². The molecule has 0 unspecified atom stereocenters. The number of fused-ring (bicyclic) bond motifs is 1. The fraction of sp³-hybridized carbons (Fsp3) is 0.550. The van der Waals surface area contributed by atoms with E-state index in [9.17, 15) is 0 Å². The van der Waals surface area contributed by atoms with E-state index >= 15 is 0 Å². The number of thiazole rings is 1. The molecule has 0 N–H and O–H groups in total. The van der Waals surface area contributed by atoms with Gasteiger partial charge >= 0.3 is 0 Å². The molecule has 4 heterocycles. The van der Waals surface area contributed by atoms with Gasteiger partial charge in [-0.3, -0.25) is 14.2 Å². The summed E-state index contributed by atoms with van der Waals surface area (Å²) in [6.45, 7) is 11.8. The van der Waals surface area contributed by atoms with Gasteiger partial charge in [0.05, 0.1) is 31.1 Å². The summed E-state index contributed by atoms with van der Waals surface area (Å²) in [6.07, 6.45) is 3.27. The van der Waals surface area contributed by atoms with Crippen LogP contribution in [0.2, 0.25) is 0 Å². The lowest BCUT2D eigenvalue weighted by atomic mass is 10.2. The van der Waals surface area contributed by atoms with Crippen LogP contribution in [0.1, 0.15) is 29.3 Å². The summed E-state index contributed by atoms with van der Waals surface area (Å²) in [5, 5.41) is 2.10. The molecule has 6 nitrogen and oxygen atoms in total. The molecule has 3 aromatic heterocycles. The van der Waals surface area contributed by atoms with Gasteiger partial charge in [0.25, 0.3) is 0 Å². The zero-order valence-electron chi connectivity index (χ0n) is 16.2. The van der Waals surface area contributed by atoms with E-state index in [2.05, 4.69) is 38.8 Å². The zero-order chi connectivity index (χ0) is 18.6. The number of morpholine rings is 1. The summed E-state index contributed by atoms with van der Waals surface area (Å²) >= 11 is 1.69. The number of furan rings is 1. The first-order chi connectivity index (χ1) is 13.2. The molecule has 0 bridgehead atoms. The van der Waals surface area contributed by atoms with E-state index in [0.717, 1.165) is 81.1 Å². The molecule has 7 heteroatoms. The summed E-state index contributed by atoms with van der Waals surface area (Å²) < 4.78 is 13.5. The Morgan fingerprint density at radius 3 is 2.81 bits per heavy atom. The number of ether oxygens (including phenoxy) is 1. The highest BCUT2D eigenvalue weighted by Crippen LogP contribution is 2.20. The first-order valence-corrected chi connectivity index (χ1v) is 10.6. The highest BCUT2D eigenvalue weighted by molar-refractivity contribution is 7.15. The fourth-order valence-corrected chi connectivity index (χ4v) is 4.47. The van der Waals surface area contributed by atoms with Crippen molar-refractivity contribution in [1.82, 2.24) is 19.2 Å². The predicted molar refractivity (Wildman–Crippen MR) is 107 cm³/mol. The van der Waals surface area contributed by atoms with Crippen molar-refractivity contribution in [2.75, 3.05) is 39.4 Å². The van der Waals surface area contributed by atoms with Crippen LogP contribution < -0.4 is 0 Å². The third-order valence-corrected chi connectivity index (χ3v) is 5.92. The molecule has 3 aromatic rings. The molecule has 1 fully saturated rings. The monoisotopic (exact) mass is 388 g/mol. The Morgan fingerprint density at radius 2 is 2.04 bits per heavy atom. The molecule has 1 aliphatic heterocycles. The van der Waals surface area contributed by atoms with E-state index < -0.39 is 0 Å². The second-order valence-electron chi connectivity index (χ2n) is 7.23. The fourth-order valence-electron chi connectivity index (χ4n) is 3.69. The average molecular weight is 389 g/mol. The molecule has 0 amide bonds. The lowest BCUT2D eigenvalue weighted by Gasteiger charge is -2.28. The Hall–Kier alpha value is -1.67. The smallest absolute Gasteiger partial charge is 0.194 e. The minimum absolute atomic E-state index is 0.827. The minimum Gasteiger partial charge on any atom is -0.465 e. The molecule has 0 atom stereocenters. The largest absolute Gasteiger partial charge is 0.465 e. The molecule has 0 spiro atoms. The molecule has 0 saturated carbocycles. The SMILES string of the molecule is Cc1ccc(CN(CCCN2CCOCC2)Cc2c(C)nc3sccn23)o1. The van der Waals surface area contributed by atoms with E-state index in [1.54, 1.807) is 11.3 Å². The number of nitrogens with zero attached hydrogens (tertiary/aromatic N) is 4. The van der Waals surface area contributed by atoms with E-state index in [4.69, 9.17) is 14.1 Å². The van der Waals surface area contributed by atoms with Gasteiger partial charge in [-0.1, -0.05) is 0 Å². The highest BCUT2D eigenvalue weighted by atomic mass is 32.1. The van der Waals surface area contributed by atoms with Crippen LogP contribution in [0.3, 0.4) is 0 Å². The number of hydrogen-bond donors (Lipinski definition) is 0. The second-order valence-corrected chi connectivity index (χ2v) is 8.10. The number of aryl methyl sites for hydroxylation is 2. The molecular weight excluding hydrogens is 360 g/mol. The summed E-state index contributed by atoms with van der Waals surface area (Å²) in [7, 11) is 0. The van der Waals surface area contributed by atoms with Crippen molar-refractivity contribution in [3.63, 3.8) is 0 Å². The second kappa shape index (κ2) is 8.56. The number of imidazole rings is 1. The summed E-state index contributed by atoms with van der Waals surface area (Å²) in [5.41, 5.74) is 2.40. The zero-order valence-corrected chi connectivity index (χ0v) is 17.0. The van der Waals surface area contributed by atoms with Crippen molar-refractivity contribution in [3.05, 3.63) is 46.6 Å². The van der Waals surface area contributed by atoms with Gasteiger partial charge in [0, 0.05) is 37.8 Å². The number of hydrogen-bond acceptors (Lipinski definition) is 6. The van der Waals surface area contributed by atoms with Crippen molar-refractivity contribution in [2.24, 2.45) is 0 Å². The maximum atomic E-state index is 5.84. The Kier molecular flexibility index (Phi) is 5.92. The van der Waals surface area contributed by atoms with Crippen LogP contribution in [-0.4, -0.2) is 58.6 Å². The molecule has 0 aromatic carbocycles. The van der Waals surface area contributed by atoms with Gasteiger partial charge in [-0.15, -0.1) is 11.3 Å². The topological polar surface area (TPSA) is 46.2 Å². The molecule has 27 heavy (non-hydrogen) atoms. The number of rotatable bonds is 8. The van der Waals surface area contributed by atoms with E-state index in [-0.39, 0.29) is 0 Å². The minimum atomic E-state index is 0.827. The first-order valence-electron chi connectivity index (χ1n) is 9.68. The van der Waals surface area contributed by atoms with E-state index in [0.29, 0.717) is 0 Å². The van der Waals surface area contributed by atoms with Gasteiger partial charge in [-0.05, 0) is 38.9 Å². The third-order valence-electron chi connectivity index (χ3n) is 5.16. The molecule has 1 saturated heterocycles. The number of aromatic nitrogens is 2. The molecule has 0 aliphatic carbocycles. The molecule has 4 rings (SSSR count). The third kappa shape index (κ3) is 4.60. The first kappa shape index (κ1) is 18.7. The van der Waals surface area contributed by atoms with Gasteiger partial charge in [-0.25, -0.2) is 4.98 Å². The summed E-state index contributed by atoms with van der Waals surface area (Å²) in [4.78, 5) is 10.8.